The number of esters is 1. The van der Waals surface area contributed by atoms with Crippen LogP contribution in [0.4, 0.5) is 0 Å². The number of carbonyl (C=O) groups is 2. The number of rotatable bonds is 3. The first-order valence-corrected chi connectivity index (χ1v) is 6.32. The van der Waals surface area contributed by atoms with Gasteiger partial charge in [-0.1, -0.05) is 18.2 Å². The smallest absolute Gasteiger partial charge is 0.338 e. The largest absolute Gasteiger partial charge is 0.465 e. The summed E-state index contributed by atoms with van der Waals surface area (Å²) in [6.45, 7) is 0.145. The van der Waals surface area contributed by atoms with Crippen LogP contribution < -0.4 is 9.47 Å². The average Bonchev–Trinajstić information content (AvgIpc) is 3.01. The van der Waals surface area contributed by atoms with Crippen LogP contribution in [0, 0.1) is 0 Å². The third-order valence-corrected chi connectivity index (χ3v) is 3.21. The Morgan fingerprint density at radius 3 is 2.48 bits per heavy atom. The third-order valence-electron chi connectivity index (χ3n) is 3.21. The van der Waals surface area contributed by atoms with Crippen molar-refractivity contribution in [1.82, 2.24) is 0 Å². The van der Waals surface area contributed by atoms with Gasteiger partial charge >= 0.3 is 5.97 Å². The summed E-state index contributed by atoms with van der Waals surface area (Å²) in [6.07, 6.45) is 0. The van der Waals surface area contributed by atoms with Crippen molar-refractivity contribution in [3.63, 3.8) is 0 Å². The molecule has 0 bridgehead atoms. The molecule has 0 fully saturated rings. The number of ether oxygens (including phenoxy) is 3. The van der Waals surface area contributed by atoms with Crippen molar-refractivity contribution in [1.29, 1.82) is 0 Å². The van der Waals surface area contributed by atoms with Gasteiger partial charge in [-0.25, -0.2) is 4.79 Å². The van der Waals surface area contributed by atoms with Crippen molar-refractivity contribution >= 4 is 11.8 Å². The molecule has 1 aliphatic rings. The Morgan fingerprint density at radius 2 is 1.71 bits per heavy atom. The SMILES string of the molecule is COC(=O)c1ccccc1C(=O)c1ccc2c(c1)OCO2. The van der Waals surface area contributed by atoms with E-state index in [0.29, 0.717) is 22.6 Å². The molecule has 0 spiro atoms. The molecule has 21 heavy (non-hydrogen) atoms. The second kappa shape index (κ2) is 5.28. The number of methoxy groups -OCH3 is 1. The number of hydrogen-bond donors (Lipinski definition) is 0. The summed E-state index contributed by atoms with van der Waals surface area (Å²) in [4.78, 5) is 24.3. The second-order valence-corrected chi connectivity index (χ2v) is 4.43. The van der Waals surface area contributed by atoms with Crippen LogP contribution in [0.15, 0.2) is 42.5 Å². The molecule has 0 saturated heterocycles. The fraction of sp³-hybridized carbons (Fsp3) is 0.125. The van der Waals surface area contributed by atoms with Crippen molar-refractivity contribution in [3.8, 4) is 11.5 Å². The number of benzene rings is 2. The molecule has 0 amide bonds. The monoisotopic (exact) mass is 284 g/mol. The number of fused-ring (bicyclic) bond motifs is 1. The quantitative estimate of drug-likeness (QED) is 0.640. The minimum absolute atomic E-state index is 0.145. The first kappa shape index (κ1) is 13.2. The van der Waals surface area contributed by atoms with Crippen molar-refractivity contribution in [2.24, 2.45) is 0 Å². The predicted octanol–water partition coefficient (Wildman–Crippen LogP) is 2.43. The molecule has 2 aromatic rings. The van der Waals surface area contributed by atoms with Gasteiger partial charge in [0.05, 0.1) is 12.7 Å². The lowest BCUT2D eigenvalue weighted by molar-refractivity contribution is 0.0597. The maximum atomic E-state index is 12.6. The van der Waals surface area contributed by atoms with Crippen LogP contribution in [0.5, 0.6) is 11.5 Å². The van der Waals surface area contributed by atoms with Crippen molar-refractivity contribution in [2.75, 3.05) is 13.9 Å². The maximum Gasteiger partial charge on any atom is 0.338 e. The fourth-order valence-electron chi connectivity index (χ4n) is 2.16. The lowest BCUT2D eigenvalue weighted by Gasteiger charge is -2.07. The highest BCUT2D eigenvalue weighted by Gasteiger charge is 2.21. The Labute approximate surface area is 121 Å². The maximum absolute atomic E-state index is 12.6. The molecule has 3 rings (SSSR count). The zero-order valence-electron chi connectivity index (χ0n) is 11.3. The second-order valence-electron chi connectivity index (χ2n) is 4.43. The minimum Gasteiger partial charge on any atom is -0.465 e. The molecule has 0 N–H and O–H groups in total. The normalized spacial score (nSPS) is 12.0. The van der Waals surface area contributed by atoms with E-state index in [-0.39, 0.29) is 18.1 Å². The molecule has 1 aliphatic heterocycles. The highest BCUT2D eigenvalue weighted by molar-refractivity contribution is 6.14. The van der Waals surface area contributed by atoms with E-state index < -0.39 is 5.97 Å². The lowest BCUT2D eigenvalue weighted by Crippen LogP contribution is -2.11. The Morgan fingerprint density at radius 1 is 1.00 bits per heavy atom. The average molecular weight is 284 g/mol. The summed E-state index contributed by atoms with van der Waals surface area (Å²) >= 11 is 0. The molecular formula is C16H12O5. The van der Waals surface area contributed by atoms with Gasteiger partial charge in [0.25, 0.3) is 0 Å². The van der Waals surface area contributed by atoms with E-state index in [4.69, 9.17) is 14.2 Å². The van der Waals surface area contributed by atoms with Gasteiger partial charge in [0, 0.05) is 11.1 Å². The molecule has 106 valence electrons. The molecule has 0 aliphatic carbocycles. The molecule has 0 unspecified atom stereocenters. The predicted molar refractivity (Wildman–Crippen MR) is 73.8 cm³/mol. The van der Waals surface area contributed by atoms with Gasteiger partial charge in [-0.2, -0.15) is 0 Å². The van der Waals surface area contributed by atoms with E-state index in [2.05, 4.69) is 0 Å². The van der Waals surface area contributed by atoms with Crippen LogP contribution in [0.25, 0.3) is 0 Å². The number of ketones is 1. The molecule has 2 aromatic carbocycles. The van der Waals surface area contributed by atoms with Gasteiger partial charge in [0.15, 0.2) is 17.3 Å². The highest BCUT2D eigenvalue weighted by Crippen LogP contribution is 2.33. The Hall–Kier alpha value is -2.82. The topological polar surface area (TPSA) is 61.8 Å². The van der Waals surface area contributed by atoms with E-state index in [1.807, 2.05) is 0 Å². The van der Waals surface area contributed by atoms with E-state index in [0.717, 1.165) is 0 Å². The van der Waals surface area contributed by atoms with Crippen LogP contribution in [0.2, 0.25) is 0 Å². The van der Waals surface area contributed by atoms with Gasteiger partial charge in [-0.05, 0) is 24.3 Å². The minimum atomic E-state index is -0.542. The van der Waals surface area contributed by atoms with Gasteiger partial charge in [0.2, 0.25) is 6.79 Å². The fourth-order valence-corrected chi connectivity index (χ4v) is 2.16. The summed E-state index contributed by atoms with van der Waals surface area (Å²) in [6, 6.07) is 11.5. The van der Waals surface area contributed by atoms with Gasteiger partial charge in [-0.3, -0.25) is 4.79 Å². The molecule has 0 aromatic heterocycles. The summed E-state index contributed by atoms with van der Waals surface area (Å²) in [5.74, 6) is 0.318. The molecule has 0 saturated carbocycles. The molecule has 0 atom stereocenters. The van der Waals surface area contributed by atoms with Crippen molar-refractivity contribution in [2.45, 2.75) is 0 Å². The van der Waals surface area contributed by atoms with Gasteiger partial charge in [0.1, 0.15) is 0 Å². The van der Waals surface area contributed by atoms with Crippen LogP contribution in [0.1, 0.15) is 26.3 Å². The molecule has 1 heterocycles. The zero-order valence-corrected chi connectivity index (χ0v) is 11.3. The molecular weight excluding hydrogens is 272 g/mol. The van der Waals surface area contributed by atoms with E-state index >= 15 is 0 Å². The first-order valence-electron chi connectivity index (χ1n) is 6.32. The van der Waals surface area contributed by atoms with Crippen LogP contribution in [0.3, 0.4) is 0 Å². The van der Waals surface area contributed by atoms with Gasteiger partial charge in [-0.15, -0.1) is 0 Å². The molecule has 5 nitrogen and oxygen atoms in total. The van der Waals surface area contributed by atoms with Crippen LogP contribution >= 0.6 is 0 Å². The summed E-state index contributed by atoms with van der Waals surface area (Å²) in [7, 11) is 1.28. The molecule has 5 heteroatoms. The third kappa shape index (κ3) is 2.33. The molecule has 0 radical (unpaired) electrons. The number of hydrogen-bond acceptors (Lipinski definition) is 5. The van der Waals surface area contributed by atoms with E-state index in [1.54, 1.807) is 42.5 Å². The number of carbonyl (C=O) groups excluding carboxylic acids is 2. The summed E-state index contributed by atoms with van der Waals surface area (Å²) in [5.41, 5.74) is 0.960. The lowest BCUT2D eigenvalue weighted by atomic mass is 9.98. The Bertz CT molecular complexity index is 720. The highest BCUT2D eigenvalue weighted by atomic mass is 16.7. The zero-order chi connectivity index (χ0) is 14.8. The summed E-state index contributed by atoms with van der Waals surface area (Å²) in [5, 5.41) is 0. The Balaban J connectivity index is 2.01. The van der Waals surface area contributed by atoms with Crippen LogP contribution in [-0.4, -0.2) is 25.7 Å². The van der Waals surface area contributed by atoms with Crippen molar-refractivity contribution in [3.05, 3.63) is 59.2 Å². The van der Waals surface area contributed by atoms with E-state index in [1.165, 1.54) is 7.11 Å². The standard InChI is InChI=1S/C16H12O5/c1-19-16(18)12-5-3-2-4-11(12)15(17)10-6-7-13-14(8-10)21-9-20-13/h2-8H,9H2,1H3. The first-order chi connectivity index (χ1) is 10.2. The van der Waals surface area contributed by atoms with E-state index in [9.17, 15) is 9.59 Å². The van der Waals surface area contributed by atoms with Gasteiger partial charge < -0.3 is 14.2 Å². The Kier molecular flexibility index (Phi) is 3.31. The van der Waals surface area contributed by atoms with Crippen LogP contribution in [-0.2, 0) is 4.74 Å². The van der Waals surface area contributed by atoms with Crippen molar-refractivity contribution < 1.29 is 23.8 Å². The summed E-state index contributed by atoms with van der Waals surface area (Å²) < 4.78 is 15.2.